The van der Waals surface area contributed by atoms with Crippen LogP contribution in [0.1, 0.15) is 41.6 Å². The van der Waals surface area contributed by atoms with Crippen molar-refractivity contribution in [2.45, 2.75) is 19.8 Å². The van der Waals surface area contributed by atoms with Crippen molar-refractivity contribution in [3.63, 3.8) is 0 Å². The quantitative estimate of drug-likeness (QED) is 0.600. The standard InChI is InChI=1S/C25H26N4O3/c1-17(2)21-15-19(18-7-4-5-8-22(18)31-3)20(16-26)24(27-21)28-10-12-29(13-11-28)25(30)23-9-6-14-32-23/h4-9,14-15,17H,10-13H2,1-3H3. The zero-order valence-electron chi connectivity index (χ0n) is 18.5. The fraction of sp³-hybridized carbons (Fsp3) is 0.320. The average Bonchev–Trinajstić information content (AvgIpc) is 3.37. The van der Waals surface area contributed by atoms with Gasteiger partial charge in [0.2, 0.25) is 0 Å². The summed E-state index contributed by atoms with van der Waals surface area (Å²) in [6, 6.07) is 15.5. The molecule has 1 fully saturated rings. The number of piperazine rings is 1. The topological polar surface area (TPSA) is 82.6 Å². The van der Waals surface area contributed by atoms with Gasteiger partial charge in [-0.25, -0.2) is 4.98 Å². The maximum Gasteiger partial charge on any atom is 0.289 e. The summed E-state index contributed by atoms with van der Waals surface area (Å²) in [6.07, 6.45) is 1.50. The molecule has 7 nitrogen and oxygen atoms in total. The molecule has 0 atom stereocenters. The van der Waals surface area contributed by atoms with E-state index in [9.17, 15) is 10.1 Å². The van der Waals surface area contributed by atoms with E-state index in [0.717, 1.165) is 16.8 Å². The largest absolute Gasteiger partial charge is 0.496 e. The minimum absolute atomic E-state index is 0.117. The van der Waals surface area contributed by atoms with Gasteiger partial charge in [0, 0.05) is 43.0 Å². The third-order valence-electron chi connectivity index (χ3n) is 5.72. The Labute approximate surface area is 187 Å². The molecule has 32 heavy (non-hydrogen) atoms. The Morgan fingerprint density at radius 1 is 1.12 bits per heavy atom. The molecule has 1 aromatic carbocycles. The molecule has 1 aliphatic rings. The molecule has 3 heterocycles. The van der Waals surface area contributed by atoms with Gasteiger partial charge in [0.05, 0.1) is 13.4 Å². The summed E-state index contributed by atoms with van der Waals surface area (Å²) in [4.78, 5) is 21.3. The summed E-state index contributed by atoms with van der Waals surface area (Å²) in [6.45, 7) is 6.40. The van der Waals surface area contributed by atoms with Crippen LogP contribution in [0.2, 0.25) is 0 Å². The van der Waals surface area contributed by atoms with E-state index in [4.69, 9.17) is 14.1 Å². The van der Waals surface area contributed by atoms with Crippen LogP contribution in [0.3, 0.4) is 0 Å². The highest BCUT2D eigenvalue weighted by Gasteiger charge is 2.27. The highest BCUT2D eigenvalue weighted by Crippen LogP contribution is 2.37. The fourth-order valence-corrected chi connectivity index (χ4v) is 3.94. The number of para-hydroxylation sites is 1. The van der Waals surface area contributed by atoms with Gasteiger partial charge in [0.1, 0.15) is 23.2 Å². The number of benzene rings is 1. The van der Waals surface area contributed by atoms with Crippen molar-refractivity contribution < 1.29 is 13.9 Å². The number of ether oxygens (including phenoxy) is 1. The lowest BCUT2D eigenvalue weighted by Crippen LogP contribution is -2.49. The van der Waals surface area contributed by atoms with Crippen LogP contribution in [-0.4, -0.2) is 49.1 Å². The molecule has 0 radical (unpaired) electrons. The van der Waals surface area contributed by atoms with Crippen LogP contribution < -0.4 is 9.64 Å². The van der Waals surface area contributed by atoms with Crippen molar-refractivity contribution in [3.05, 3.63) is 65.7 Å². The zero-order chi connectivity index (χ0) is 22.7. The molecule has 0 bridgehead atoms. The van der Waals surface area contributed by atoms with E-state index in [-0.39, 0.29) is 11.8 Å². The number of rotatable bonds is 5. The number of amides is 1. The molecular formula is C25H26N4O3. The Morgan fingerprint density at radius 3 is 2.50 bits per heavy atom. The second kappa shape index (κ2) is 9.15. The fourth-order valence-electron chi connectivity index (χ4n) is 3.94. The number of carbonyl (C=O) groups excluding carboxylic acids is 1. The first-order valence-corrected chi connectivity index (χ1v) is 10.7. The Hall–Kier alpha value is -3.79. The van der Waals surface area contributed by atoms with Gasteiger partial charge in [0.15, 0.2) is 5.76 Å². The Bertz CT molecular complexity index is 1140. The van der Waals surface area contributed by atoms with Gasteiger partial charge in [-0.2, -0.15) is 5.26 Å². The molecule has 0 unspecified atom stereocenters. The minimum Gasteiger partial charge on any atom is -0.496 e. The monoisotopic (exact) mass is 430 g/mol. The molecule has 7 heteroatoms. The molecule has 0 spiro atoms. The number of nitriles is 1. The highest BCUT2D eigenvalue weighted by atomic mass is 16.5. The number of hydrogen-bond donors (Lipinski definition) is 0. The lowest BCUT2D eigenvalue weighted by Gasteiger charge is -2.36. The predicted molar refractivity (Wildman–Crippen MR) is 122 cm³/mol. The van der Waals surface area contributed by atoms with Crippen molar-refractivity contribution in [2.75, 3.05) is 38.2 Å². The predicted octanol–water partition coefficient (Wildman–Crippen LogP) is 4.31. The molecule has 0 N–H and O–H groups in total. The van der Waals surface area contributed by atoms with Gasteiger partial charge < -0.3 is 19.0 Å². The van der Waals surface area contributed by atoms with Crippen LogP contribution >= 0.6 is 0 Å². The van der Waals surface area contributed by atoms with Gasteiger partial charge in [0.25, 0.3) is 5.91 Å². The highest BCUT2D eigenvalue weighted by molar-refractivity contribution is 5.91. The number of pyridine rings is 1. The van der Waals surface area contributed by atoms with E-state index < -0.39 is 0 Å². The molecular weight excluding hydrogens is 404 g/mol. The summed E-state index contributed by atoms with van der Waals surface area (Å²) in [5.74, 6) is 1.79. The number of anilines is 1. The maximum atomic E-state index is 12.6. The summed E-state index contributed by atoms with van der Waals surface area (Å²) >= 11 is 0. The summed E-state index contributed by atoms with van der Waals surface area (Å²) in [7, 11) is 1.63. The first-order valence-electron chi connectivity index (χ1n) is 10.7. The summed E-state index contributed by atoms with van der Waals surface area (Å²) in [5, 5.41) is 10.1. The van der Waals surface area contributed by atoms with Crippen LogP contribution in [0.25, 0.3) is 11.1 Å². The molecule has 1 amide bonds. The van der Waals surface area contributed by atoms with Crippen LogP contribution in [-0.2, 0) is 0 Å². The lowest BCUT2D eigenvalue weighted by atomic mass is 9.96. The van der Waals surface area contributed by atoms with E-state index in [1.54, 1.807) is 24.1 Å². The van der Waals surface area contributed by atoms with Crippen molar-refractivity contribution in [1.29, 1.82) is 5.26 Å². The van der Waals surface area contributed by atoms with Crippen molar-refractivity contribution >= 4 is 11.7 Å². The number of aromatic nitrogens is 1. The number of methoxy groups -OCH3 is 1. The third-order valence-corrected chi connectivity index (χ3v) is 5.72. The molecule has 3 aromatic rings. The number of furan rings is 1. The number of carbonyl (C=O) groups is 1. The average molecular weight is 431 g/mol. The second-order valence-electron chi connectivity index (χ2n) is 8.02. The zero-order valence-corrected chi connectivity index (χ0v) is 18.5. The van der Waals surface area contributed by atoms with E-state index in [1.807, 2.05) is 30.3 Å². The minimum atomic E-state index is -0.117. The SMILES string of the molecule is COc1ccccc1-c1cc(C(C)C)nc(N2CCN(C(=O)c3ccco3)CC2)c1C#N. The van der Waals surface area contributed by atoms with Gasteiger partial charge in [-0.3, -0.25) is 4.79 Å². The maximum absolute atomic E-state index is 12.6. The smallest absolute Gasteiger partial charge is 0.289 e. The van der Waals surface area contributed by atoms with Crippen LogP contribution in [0.4, 0.5) is 5.82 Å². The van der Waals surface area contributed by atoms with E-state index in [2.05, 4.69) is 24.8 Å². The molecule has 1 saturated heterocycles. The van der Waals surface area contributed by atoms with Crippen LogP contribution in [0.15, 0.2) is 53.1 Å². The molecule has 2 aromatic heterocycles. The van der Waals surface area contributed by atoms with E-state index >= 15 is 0 Å². The van der Waals surface area contributed by atoms with Crippen LogP contribution in [0.5, 0.6) is 5.75 Å². The van der Waals surface area contributed by atoms with E-state index in [1.165, 1.54) is 6.26 Å². The Balaban J connectivity index is 1.69. The van der Waals surface area contributed by atoms with Gasteiger partial charge in [-0.05, 0) is 30.2 Å². The number of nitrogens with zero attached hydrogens (tertiary/aromatic N) is 4. The first-order chi connectivity index (χ1) is 15.5. The Morgan fingerprint density at radius 2 is 1.88 bits per heavy atom. The molecule has 4 rings (SSSR count). The van der Waals surface area contributed by atoms with Crippen molar-refractivity contribution in [2.24, 2.45) is 0 Å². The van der Waals surface area contributed by atoms with E-state index in [0.29, 0.717) is 49.1 Å². The Kier molecular flexibility index (Phi) is 6.13. The lowest BCUT2D eigenvalue weighted by molar-refractivity contribution is 0.0714. The normalized spacial score (nSPS) is 13.8. The number of hydrogen-bond acceptors (Lipinski definition) is 6. The van der Waals surface area contributed by atoms with Crippen LogP contribution in [0, 0.1) is 11.3 Å². The second-order valence-corrected chi connectivity index (χ2v) is 8.02. The van der Waals surface area contributed by atoms with Gasteiger partial charge in [-0.15, -0.1) is 0 Å². The molecule has 0 aliphatic carbocycles. The molecule has 0 saturated carbocycles. The van der Waals surface area contributed by atoms with Gasteiger partial charge in [-0.1, -0.05) is 32.0 Å². The first kappa shape index (κ1) is 21.4. The third kappa shape index (κ3) is 4.04. The van der Waals surface area contributed by atoms with Crippen molar-refractivity contribution in [1.82, 2.24) is 9.88 Å². The van der Waals surface area contributed by atoms with Gasteiger partial charge >= 0.3 is 0 Å². The summed E-state index contributed by atoms with van der Waals surface area (Å²) < 4.78 is 10.8. The summed E-state index contributed by atoms with van der Waals surface area (Å²) in [5.41, 5.74) is 3.11. The molecule has 164 valence electrons. The molecule has 1 aliphatic heterocycles. The van der Waals surface area contributed by atoms with Crippen molar-refractivity contribution in [3.8, 4) is 22.9 Å².